The zero-order valence-corrected chi connectivity index (χ0v) is 12.3. The van der Waals surface area contributed by atoms with E-state index in [2.05, 4.69) is 39.5 Å². The van der Waals surface area contributed by atoms with Crippen LogP contribution in [-0.2, 0) is 6.54 Å². The number of nitrogens with zero attached hydrogens (tertiary/aromatic N) is 2. The number of piperazine rings is 1. The van der Waals surface area contributed by atoms with Crippen molar-refractivity contribution >= 4 is 35.7 Å². The molecule has 1 fully saturated rings. The summed E-state index contributed by atoms with van der Waals surface area (Å²) in [6.45, 7) is 5.46. The van der Waals surface area contributed by atoms with Gasteiger partial charge in [-0.25, -0.2) is 0 Å². The molecule has 0 unspecified atom stereocenters. The lowest BCUT2D eigenvalue weighted by molar-refractivity contribution is 0.234. The molecule has 2 aromatic rings. The molecule has 1 aromatic heterocycles. The second-order valence-electron chi connectivity index (χ2n) is 4.52. The number of hydrogen-bond donors (Lipinski definition) is 1. The lowest BCUT2D eigenvalue weighted by Gasteiger charge is -2.27. The minimum atomic E-state index is 0. The van der Waals surface area contributed by atoms with Crippen LogP contribution in [0.4, 0.5) is 0 Å². The van der Waals surface area contributed by atoms with E-state index in [1.165, 1.54) is 10.9 Å². The van der Waals surface area contributed by atoms with E-state index in [9.17, 15) is 0 Å². The van der Waals surface area contributed by atoms with Crippen molar-refractivity contribution in [2.75, 3.05) is 26.2 Å². The van der Waals surface area contributed by atoms with Gasteiger partial charge in [0.15, 0.2) is 0 Å². The van der Waals surface area contributed by atoms with Gasteiger partial charge in [0, 0.05) is 44.3 Å². The number of fused-ring (bicyclic) bond motifs is 1. The average molecular weight is 300 g/mol. The second-order valence-corrected chi connectivity index (χ2v) is 4.52. The molecule has 1 aliphatic rings. The minimum absolute atomic E-state index is 0. The molecule has 0 bridgehead atoms. The molecule has 1 saturated heterocycles. The lowest BCUT2D eigenvalue weighted by atomic mass is 10.1. The Hall–Kier alpha value is -0.870. The number of hydrogen-bond acceptors (Lipinski definition) is 3. The molecule has 1 N–H and O–H groups in total. The van der Waals surface area contributed by atoms with Crippen LogP contribution in [0.3, 0.4) is 0 Å². The third-order valence-corrected chi connectivity index (χ3v) is 3.32. The summed E-state index contributed by atoms with van der Waals surface area (Å²) in [5, 5.41) is 4.62. The standard InChI is InChI=1S/C14H17N3.2ClH/c1-3-12-5-2-6-16-14(12)13(4-1)11-17-9-7-15-8-10-17;;/h1-6,15H,7-11H2;2*1H. The molecule has 0 atom stereocenters. The van der Waals surface area contributed by atoms with E-state index < -0.39 is 0 Å². The minimum Gasteiger partial charge on any atom is -0.314 e. The zero-order valence-electron chi connectivity index (χ0n) is 10.7. The Labute approximate surface area is 126 Å². The Morgan fingerprint density at radius 1 is 1.05 bits per heavy atom. The van der Waals surface area contributed by atoms with E-state index in [4.69, 9.17) is 0 Å². The lowest BCUT2D eigenvalue weighted by Crippen LogP contribution is -2.42. The first kappa shape index (κ1) is 16.2. The molecule has 0 aliphatic carbocycles. The van der Waals surface area contributed by atoms with Crippen LogP contribution < -0.4 is 5.32 Å². The highest BCUT2D eigenvalue weighted by atomic mass is 35.5. The predicted molar refractivity (Wildman–Crippen MR) is 84.4 cm³/mol. The number of rotatable bonds is 2. The Morgan fingerprint density at radius 3 is 2.58 bits per heavy atom. The van der Waals surface area contributed by atoms with E-state index in [1.807, 2.05) is 12.3 Å². The normalized spacial score (nSPS) is 15.6. The predicted octanol–water partition coefficient (Wildman–Crippen LogP) is 2.48. The summed E-state index contributed by atoms with van der Waals surface area (Å²) in [6, 6.07) is 10.6. The van der Waals surface area contributed by atoms with Crippen LogP contribution in [0.15, 0.2) is 36.5 Å². The largest absolute Gasteiger partial charge is 0.314 e. The summed E-state index contributed by atoms with van der Waals surface area (Å²) < 4.78 is 0. The number of nitrogens with one attached hydrogen (secondary N) is 1. The van der Waals surface area contributed by atoms with Crippen LogP contribution in [0.2, 0.25) is 0 Å². The van der Waals surface area contributed by atoms with Crippen molar-refractivity contribution < 1.29 is 0 Å². The third kappa shape index (κ3) is 3.80. The van der Waals surface area contributed by atoms with Gasteiger partial charge in [-0.05, 0) is 11.6 Å². The highest BCUT2D eigenvalue weighted by molar-refractivity contribution is 5.85. The van der Waals surface area contributed by atoms with Gasteiger partial charge in [-0.1, -0.05) is 24.3 Å². The molecule has 2 heterocycles. The second kappa shape index (κ2) is 7.65. The molecule has 0 spiro atoms. The van der Waals surface area contributed by atoms with Crippen molar-refractivity contribution in [2.45, 2.75) is 6.54 Å². The van der Waals surface area contributed by atoms with E-state index >= 15 is 0 Å². The van der Waals surface area contributed by atoms with Crippen molar-refractivity contribution in [3.8, 4) is 0 Å². The van der Waals surface area contributed by atoms with Crippen LogP contribution in [0.5, 0.6) is 0 Å². The molecule has 104 valence electrons. The van der Waals surface area contributed by atoms with Crippen molar-refractivity contribution in [2.24, 2.45) is 0 Å². The molecule has 1 aromatic carbocycles. The number of benzene rings is 1. The molecule has 1 aliphatic heterocycles. The molecular weight excluding hydrogens is 281 g/mol. The van der Waals surface area contributed by atoms with E-state index in [-0.39, 0.29) is 24.8 Å². The van der Waals surface area contributed by atoms with Gasteiger partial charge in [-0.2, -0.15) is 0 Å². The third-order valence-electron chi connectivity index (χ3n) is 3.32. The summed E-state index contributed by atoms with van der Waals surface area (Å²) in [7, 11) is 0. The topological polar surface area (TPSA) is 28.2 Å². The Morgan fingerprint density at radius 2 is 1.79 bits per heavy atom. The maximum absolute atomic E-state index is 4.50. The maximum atomic E-state index is 4.50. The summed E-state index contributed by atoms with van der Waals surface area (Å²) in [6.07, 6.45) is 1.88. The van der Waals surface area contributed by atoms with E-state index in [0.717, 1.165) is 38.2 Å². The number of pyridine rings is 1. The zero-order chi connectivity index (χ0) is 11.5. The summed E-state index contributed by atoms with van der Waals surface area (Å²) in [4.78, 5) is 6.99. The van der Waals surface area contributed by atoms with E-state index in [1.54, 1.807) is 0 Å². The molecule has 3 rings (SSSR count). The quantitative estimate of drug-likeness (QED) is 0.923. The average Bonchev–Trinajstić information content (AvgIpc) is 2.40. The molecule has 3 nitrogen and oxygen atoms in total. The monoisotopic (exact) mass is 299 g/mol. The summed E-state index contributed by atoms with van der Waals surface area (Å²) in [5.41, 5.74) is 2.48. The van der Waals surface area contributed by atoms with Crippen molar-refractivity contribution in [1.82, 2.24) is 15.2 Å². The Bertz CT molecular complexity index is 508. The summed E-state index contributed by atoms with van der Waals surface area (Å²) >= 11 is 0. The molecule has 0 radical (unpaired) electrons. The first-order valence-electron chi connectivity index (χ1n) is 6.19. The maximum Gasteiger partial charge on any atom is 0.0746 e. The molecule has 0 amide bonds. The smallest absolute Gasteiger partial charge is 0.0746 e. The fourth-order valence-corrected chi connectivity index (χ4v) is 2.41. The van der Waals surface area contributed by atoms with Crippen LogP contribution in [0.25, 0.3) is 10.9 Å². The summed E-state index contributed by atoms with van der Waals surface area (Å²) in [5.74, 6) is 0. The number of aromatic nitrogens is 1. The number of halogens is 2. The number of para-hydroxylation sites is 1. The molecule has 19 heavy (non-hydrogen) atoms. The van der Waals surface area contributed by atoms with Gasteiger partial charge in [0.2, 0.25) is 0 Å². The van der Waals surface area contributed by atoms with E-state index in [0.29, 0.717) is 0 Å². The first-order chi connectivity index (χ1) is 8.43. The highest BCUT2D eigenvalue weighted by Gasteiger charge is 2.11. The van der Waals surface area contributed by atoms with Crippen molar-refractivity contribution in [1.29, 1.82) is 0 Å². The molecule has 0 saturated carbocycles. The van der Waals surface area contributed by atoms with Crippen LogP contribution in [0, 0.1) is 0 Å². The van der Waals surface area contributed by atoms with Gasteiger partial charge >= 0.3 is 0 Å². The van der Waals surface area contributed by atoms with Gasteiger partial charge in [0.1, 0.15) is 0 Å². The van der Waals surface area contributed by atoms with Crippen molar-refractivity contribution in [3.05, 3.63) is 42.1 Å². The van der Waals surface area contributed by atoms with Crippen LogP contribution >= 0.6 is 24.8 Å². The Balaban J connectivity index is 0.000000902. The van der Waals surface area contributed by atoms with Gasteiger partial charge < -0.3 is 5.32 Å². The fraction of sp³-hybridized carbons (Fsp3) is 0.357. The van der Waals surface area contributed by atoms with Gasteiger partial charge in [0.05, 0.1) is 5.52 Å². The van der Waals surface area contributed by atoms with Gasteiger partial charge in [-0.15, -0.1) is 24.8 Å². The van der Waals surface area contributed by atoms with Crippen molar-refractivity contribution in [3.63, 3.8) is 0 Å². The highest BCUT2D eigenvalue weighted by Crippen LogP contribution is 2.17. The van der Waals surface area contributed by atoms with Gasteiger partial charge in [0.25, 0.3) is 0 Å². The SMILES string of the molecule is Cl.Cl.c1cnc2c(CN3CCNCC3)cccc2c1. The van der Waals surface area contributed by atoms with Crippen LogP contribution in [0.1, 0.15) is 5.56 Å². The molecular formula is C14H19Cl2N3. The first-order valence-corrected chi connectivity index (χ1v) is 6.19. The Kier molecular flexibility index (Phi) is 6.52. The van der Waals surface area contributed by atoms with Gasteiger partial charge in [-0.3, -0.25) is 9.88 Å². The van der Waals surface area contributed by atoms with Crippen LogP contribution in [-0.4, -0.2) is 36.1 Å². The molecule has 5 heteroatoms. The fourth-order valence-electron chi connectivity index (χ4n) is 2.41.